The van der Waals surface area contributed by atoms with Crippen LogP contribution in [0.2, 0.25) is 5.02 Å². The molecule has 2 aromatic carbocycles. The molecule has 1 atom stereocenters. The van der Waals surface area contributed by atoms with E-state index in [2.05, 4.69) is 5.32 Å². The zero-order chi connectivity index (χ0) is 20.0. The first-order chi connectivity index (χ1) is 12.9. The third kappa shape index (κ3) is 5.14. The average molecular weight is 392 g/mol. The summed E-state index contributed by atoms with van der Waals surface area (Å²) in [5.74, 6) is -1.10. The second kappa shape index (κ2) is 9.28. The number of rotatable bonds is 8. The van der Waals surface area contributed by atoms with E-state index in [0.29, 0.717) is 39.9 Å². The number of carbonyl (C=O) groups is 2. The van der Waals surface area contributed by atoms with Gasteiger partial charge in [0.1, 0.15) is 0 Å². The van der Waals surface area contributed by atoms with Gasteiger partial charge in [0.2, 0.25) is 0 Å². The molecule has 0 saturated heterocycles. The zero-order valence-electron chi connectivity index (χ0n) is 15.4. The van der Waals surface area contributed by atoms with Crippen LogP contribution in [0, 0.1) is 0 Å². The number of aliphatic carboxylic acids is 1. The van der Waals surface area contributed by atoms with E-state index in [0.717, 1.165) is 6.42 Å². The van der Waals surface area contributed by atoms with Crippen molar-refractivity contribution >= 4 is 29.2 Å². The van der Waals surface area contributed by atoms with Crippen LogP contribution in [0.5, 0.6) is 11.5 Å². The van der Waals surface area contributed by atoms with Crippen LogP contribution in [0.3, 0.4) is 0 Å². The van der Waals surface area contributed by atoms with Gasteiger partial charge in [-0.25, -0.2) is 0 Å². The molecule has 27 heavy (non-hydrogen) atoms. The summed E-state index contributed by atoms with van der Waals surface area (Å²) in [4.78, 5) is 23.6. The van der Waals surface area contributed by atoms with E-state index < -0.39 is 11.9 Å². The molecule has 0 spiro atoms. The maximum Gasteiger partial charge on any atom is 0.310 e. The maximum atomic E-state index is 12.5. The fourth-order valence-electron chi connectivity index (χ4n) is 2.40. The SMILES string of the molecule is CCCOc1c(Cl)cc(C(=O)Nc2ccc(C(C)C(=O)O)cc2)cc1OC. The first-order valence-electron chi connectivity index (χ1n) is 8.51. The third-order valence-corrected chi connectivity index (χ3v) is 4.26. The molecule has 2 N–H and O–H groups in total. The number of benzene rings is 2. The monoisotopic (exact) mass is 391 g/mol. The van der Waals surface area contributed by atoms with Crippen molar-refractivity contribution in [2.24, 2.45) is 0 Å². The first kappa shape index (κ1) is 20.6. The smallest absolute Gasteiger partial charge is 0.310 e. The highest BCUT2D eigenvalue weighted by Gasteiger charge is 2.17. The van der Waals surface area contributed by atoms with Crippen LogP contribution in [0.25, 0.3) is 0 Å². The van der Waals surface area contributed by atoms with Gasteiger partial charge in [0.05, 0.1) is 24.7 Å². The Morgan fingerprint density at radius 2 is 1.89 bits per heavy atom. The summed E-state index contributed by atoms with van der Waals surface area (Å²) < 4.78 is 10.9. The van der Waals surface area contributed by atoms with E-state index in [1.807, 2.05) is 6.92 Å². The summed E-state index contributed by atoms with van der Waals surface area (Å²) in [7, 11) is 1.48. The Labute approximate surface area is 163 Å². The number of amides is 1. The second-order valence-corrected chi connectivity index (χ2v) is 6.38. The van der Waals surface area contributed by atoms with Crippen LogP contribution in [0.15, 0.2) is 36.4 Å². The van der Waals surface area contributed by atoms with E-state index >= 15 is 0 Å². The average Bonchev–Trinajstić information content (AvgIpc) is 2.66. The molecule has 1 unspecified atom stereocenters. The number of halogens is 1. The third-order valence-electron chi connectivity index (χ3n) is 3.98. The lowest BCUT2D eigenvalue weighted by molar-refractivity contribution is -0.138. The van der Waals surface area contributed by atoms with Gasteiger partial charge in [0.25, 0.3) is 5.91 Å². The van der Waals surface area contributed by atoms with Crippen LogP contribution in [-0.4, -0.2) is 30.7 Å². The highest BCUT2D eigenvalue weighted by molar-refractivity contribution is 6.32. The molecule has 2 aromatic rings. The van der Waals surface area contributed by atoms with Crippen LogP contribution < -0.4 is 14.8 Å². The summed E-state index contributed by atoms with van der Waals surface area (Å²) in [6.07, 6.45) is 0.818. The number of hydrogen-bond donors (Lipinski definition) is 2. The summed E-state index contributed by atoms with van der Waals surface area (Å²) >= 11 is 6.24. The van der Waals surface area contributed by atoms with Gasteiger partial charge in [-0.1, -0.05) is 30.7 Å². The molecular formula is C20H22ClNO5. The molecule has 2 rings (SSSR count). The summed E-state index contributed by atoms with van der Waals surface area (Å²) in [5, 5.41) is 12.1. The van der Waals surface area contributed by atoms with Gasteiger partial charge >= 0.3 is 5.97 Å². The number of carbonyl (C=O) groups excluding carboxylic acids is 1. The van der Waals surface area contributed by atoms with Gasteiger partial charge < -0.3 is 19.9 Å². The molecule has 0 bridgehead atoms. The van der Waals surface area contributed by atoms with Gasteiger partial charge in [-0.15, -0.1) is 0 Å². The van der Waals surface area contributed by atoms with Crippen molar-refractivity contribution in [2.75, 3.05) is 19.0 Å². The lowest BCUT2D eigenvalue weighted by Crippen LogP contribution is -2.13. The van der Waals surface area contributed by atoms with Gasteiger partial charge in [0, 0.05) is 11.3 Å². The van der Waals surface area contributed by atoms with Crippen LogP contribution >= 0.6 is 11.6 Å². The van der Waals surface area contributed by atoms with Crippen molar-refractivity contribution in [3.05, 3.63) is 52.5 Å². The fourth-order valence-corrected chi connectivity index (χ4v) is 2.66. The van der Waals surface area contributed by atoms with Crippen molar-refractivity contribution in [3.63, 3.8) is 0 Å². The standard InChI is InChI=1S/C20H22ClNO5/c1-4-9-27-18-16(21)10-14(11-17(18)26-3)19(23)22-15-7-5-13(6-8-15)12(2)20(24)25/h5-8,10-12H,4,9H2,1-3H3,(H,22,23)(H,24,25). The molecule has 0 saturated carbocycles. The molecule has 7 heteroatoms. The van der Waals surface area contributed by atoms with E-state index in [1.165, 1.54) is 13.2 Å². The Morgan fingerprint density at radius 3 is 2.44 bits per heavy atom. The van der Waals surface area contributed by atoms with E-state index in [-0.39, 0.29) is 5.91 Å². The Kier molecular flexibility index (Phi) is 7.07. The van der Waals surface area contributed by atoms with Crippen molar-refractivity contribution in [1.29, 1.82) is 0 Å². The fraction of sp³-hybridized carbons (Fsp3) is 0.300. The number of anilines is 1. The second-order valence-electron chi connectivity index (χ2n) is 5.97. The molecule has 0 fully saturated rings. The molecule has 0 aliphatic heterocycles. The highest BCUT2D eigenvalue weighted by Crippen LogP contribution is 2.36. The number of carboxylic acids is 1. The number of carboxylic acid groups (broad SMARTS) is 1. The molecule has 1 amide bonds. The van der Waals surface area contributed by atoms with Gasteiger partial charge in [-0.2, -0.15) is 0 Å². The maximum absolute atomic E-state index is 12.5. The molecule has 0 aromatic heterocycles. The quantitative estimate of drug-likeness (QED) is 0.688. The first-order valence-corrected chi connectivity index (χ1v) is 8.89. The topological polar surface area (TPSA) is 84.9 Å². The van der Waals surface area contributed by atoms with Gasteiger partial charge in [0.15, 0.2) is 11.5 Å². The van der Waals surface area contributed by atoms with E-state index in [4.69, 9.17) is 26.2 Å². The minimum atomic E-state index is -0.904. The molecule has 6 nitrogen and oxygen atoms in total. The van der Waals surface area contributed by atoms with Gasteiger partial charge in [-0.05, 0) is 43.2 Å². The summed E-state index contributed by atoms with van der Waals surface area (Å²) in [6, 6.07) is 9.74. The number of hydrogen-bond acceptors (Lipinski definition) is 4. The zero-order valence-corrected chi connectivity index (χ0v) is 16.2. The van der Waals surface area contributed by atoms with E-state index in [1.54, 1.807) is 37.3 Å². The Hall–Kier alpha value is -2.73. The van der Waals surface area contributed by atoms with Crippen molar-refractivity contribution < 1.29 is 24.2 Å². The minimum absolute atomic E-state index is 0.290. The predicted octanol–water partition coefficient (Wildman–Crippen LogP) is 4.58. The number of methoxy groups -OCH3 is 1. The molecular weight excluding hydrogens is 370 g/mol. The predicted molar refractivity (Wildman–Crippen MR) is 104 cm³/mol. The summed E-state index contributed by atoms with van der Waals surface area (Å²) in [5.41, 5.74) is 1.52. The summed E-state index contributed by atoms with van der Waals surface area (Å²) in [6.45, 7) is 4.07. The lowest BCUT2D eigenvalue weighted by Gasteiger charge is -2.14. The van der Waals surface area contributed by atoms with Crippen LogP contribution in [-0.2, 0) is 4.79 Å². The number of ether oxygens (including phenoxy) is 2. The molecule has 0 radical (unpaired) electrons. The van der Waals surface area contributed by atoms with Crippen molar-refractivity contribution in [2.45, 2.75) is 26.2 Å². The normalized spacial score (nSPS) is 11.6. The van der Waals surface area contributed by atoms with Crippen molar-refractivity contribution in [3.8, 4) is 11.5 Å². The van der Waals surface area contributed by atoms with Crippen molar-refractivity contribution in [1.82, 2.24) is 0 Å². The largest absolute Gasteiger partial charge is 0.493 e. The molecule has 0 aliphatic rings. The highest BCUT2D eigenvalue weighted by atomic mass is 35.5. The Morgan fingerprint density at radius 1 is 1.22 bits per heavy atom. The Bertz CT molecular complexity index is 820. The minimum Gasteiger partial charge on any atom is -0.493 e. The van der Waals surface area contributed by atoms with Crippen LogP contribution in [0.1, 0.15) is 42.1 Å². The van der Waals surface area contributed by atoms with Gasteiger partial charge in [-0.3, -0.25) is 9.59 Å². The van der Waals surface area contributed by atoms with Crippen LogP contribution in [0.4, 0.5) is 5.69 Å². The van der Waals surface area contributed by atoms with E-state index in [9.17, 15) is 9.59 Å². The molecule has 0 aliphatic carbocycles. The molecule has 0 heterocycles. The lowest BCUT2D eigenvalue weighted by atomic mass is 10.0. The Balaban J connectivity index is 2.18. The number of nitrogens with one attached hydrogen (secondary N) is 1. The molecule has 144 valence electrons.